The molecule has 1 fully saturated rings. The standard InChI is InChI=1S/C16H23NO2/c1-12-10-17(15(18)19-16(2,3)4)11-14(12)13-8-6-5-7-9-13/h5-9,12,14H,10-11H2,1-4H3/t12-,14-/m0/s1. The molecule has 1 aromatic carbocycles. The zero-order valence-corrected chi connectivity index (χ0v) is 12.2. The van der Waals surface area contributed by atoms with Crippen LogP contribution in [0.15, 0.2) is 30.3 Å². The lowest BCUT2D eigenvalue weighted by molar-refractivity contribution is 0.0287. The molecule has 1 aliphatic rings. The molecule has 0 saturated carbocycles. The van der Waals surface area contributed by atoms with Crippen molar-refractivity contribution in [3.8, 4) is 0 Å². The van der Waals surface area contributed by atoms with E-state index < -0.39 is 5.60 Å². The van der Waals surface area contributed by atoms with E-state index in [1.54, 1.807) is 0 Å². The van der Waals surface area contributed by atoms with Crippen LogP contribution in [0, 0.1) is 5.92 Å². The first-order chi connectivity index (χ1) is 8.87. The van der Waals surface area contributed by atoms with E-state index in [2.05, 4.69) is 31.2 Å². The highest BCUT2D eigenvalue weighted by Gasteiger charge is 2.35. The van der Waals surface area contributed by atoms with Gasteiger partial charge in [0.2, 0.25) is 0 Å². The van der Waals surface area contributed by atoms with Crippen LogP contribution in [0.1, 0.15) is 39.2 Å². The van der Waals surface area contributed by atoms with Crippen LogP contribution in [0.3, 0.4) is 0 Å². The molecule has 1 saturated heterocycles. The molecule has 0 aromatic heterocycles. The fourth-order valence-corrected chi connectivity index (χ4v) is 2.58. The van der Waals surface area contributed by atoms with Crippen molar-refractivity contribution >= 4 is 6.09 Å². The zero-order valence-electron chi connectivity index (χ0n) is 12.2. The molecule has 0 radical (unpaired) electrons. The van der Waals surface area contributed by atoms with Crippen molar-refractivity contribution in [3.63, 3.8) is 0 Å². The molecule has 1 heterocycles. The number of rotatable bonds is 1. The van der Waals surface area contributed by atoms with Gasteiger partial charge >= 0.3 is 6.09 Å². The van der Waals surface area contributed by atoms with E-state index in [-0.39, 0.29) is 6.09 Å². The molecule has 0 unspecified atom stereocenters. The average molecular weight is 261 g/mol. The Morgan fingerprint density at radius 1 is 1.21 bits per heavy atom. The third kappa shape index (κ3) is 3.49. The van der Waals surface area contributed by atoms with E-state index in [1.165, 1.54) is 5.56 Å². The van der Waals surface area contributed by atoms with Gasteiger partial charge in [0.1, 0.15) is 5.60 Å². The van der Waals surface area contributed by atoms with Gasteiger partial charge in [-0.3, -0.25) is 0 Å². The van der Waals surface area contributed by atoms with E-state index in [1.807, 2.05) is 31.7 Å². The smallest absolute Gasteiger partial charge is 0.410 e. The number of benzene rings is 1. The van der Waals surface area contributed by atoms with Crippen molar-refractivity contribution in [2.45, 2.75) is 39.2 Å². The Morgan fingerprint density at radius 3 is 2.42 bits per heavy atom. The van der Waals surface area contributed by atoms with E-state index in [0.717, 1.165) is 13.1 Å². The summed E-state index contributed by atoms with van der Waals surface area (Å²) in [6.45, 7) is 9.42. The summed E-state index contributed by atoms with van der Waals surface area (Å²) in [6.07, 6.45) is -0.196. The number of hydrogen-bond acceptors (Lipinski definition) is 2. The Balaban J connectivity index is 2.04. The Labute approximate surface area is 115 Å². The Bertz CT molecular complexity index is 436. The third-order valence-corrected chi connectivity index (χ3v) is 3.49. The van der Waals surface area contributed by atoms with Gasteiger partial charge < -0.3 is 9.64 Å². The minimum Gasteiger partial charge on any atom is -0.444 e. The zero-order chi connectivity index (χ0) is 14.0. The highest BCUT2D eigenvalue weighted by atomic mass is 16.6. The molecule has 1 aliphatic heterocycles. The Kier molecular flexibility index (Phi) is 3.83. The Morgan fingerprint density at radius 2 is 1.84 bits per heavy atom. The number of amides is 1. The quantitative estimate of drug-likeness (QED) is 0.772. The highest BCUT2D eigenvalue weighted by Crippen LogP contribution is 2.32. The van der Waals surface area contributed by atoms with Gasteiger partial charge in [-0.25, -0.2) is 4.79 Å². The number of nitrogens with zero attached hydrogens (tertiary/aromatic N) is 1. The lowest BCUT2D eigenvalue weighted by Crippen LogP contribution is -2.35. The fraction of sp³-hybridized carbons (Fsp3) is 0.562. The lowest BCUT2D eigenvalue weighted by Gasteiger charge is -2.24. The molecular formula is C16H23NO2. The van der Waals surface area contributed by atoms with E-state index in [4.69, 9.17) is 4.74 Å². The van der Waals surface area contributed by atoms with Gasteiger partial charge in [0.15, 0.2) is 0 Å². The highest BCUT2D eigenvalue weighted by molar-refractivity contribution is 5.68. The summed E-state index contributed by atoms with van der Waals surface area (Å²) >= 11 is 0. The molecule has 2 atom stereocenters. The molecule has 0 bridgehead atoms. The van der Waals surface area contributed by atoms with Gasteiger partial charge in [0.25, 0.3) is 0 Å². The van der Waals surface area contributed by atoms with Crippen LogP contribution in [0.5, 0.6) is 0 Å². The molecule has 0 aliphatic carbocycles. The average Bonchev–Trinajstić information content (AvgIpc) is 2.70. The first kappa shape index (κ1) is 13.9. The normalized spacial score (nSPS) is 23.5. The molecular weight excluding hydrogens is 238 g/mol. The largest absolute Gasteiger partial charge is 0.444 e. The monoisotopic (exact) mass is 261 g/mol. The van der Waals surface area contributed by atoms with Gasteiger partial charge in [-0.2, -0.15) is 0 Å². The topological polar surface area (TPSA) is 29.5 Å². The molecule has 1 aromatic rings. The number of likely N-dealkylation sites (tertiary alicyclic amines) is 1. The number of carbonyl (C=O) groups is 1. The molecule has 0 N–H and O–H groups in total. The Hall–Kier alpha value is -1.51. The van der Waals surface area contributed by atoms with Gasteiger partial charge in [0.05, 0.1) is 0 Å². The molecule has 1 amide bonds. The minimum absolute atomic E-state index is 0.196. The number of carbonyl (C=O) groups excluding carboxylic acids is 1. The van der Waals surface area contributed by atoms with Crippen LogP contribution in [0.2, 0.25) is 0 Å². The SMILES string of the molecule is C[C@H]1CN(C(=O)OC(C)(C)C)C[C@@H]1c1ccccc1. The van der Waals surface area contributed by atoms with Gasteiger partial charge in [0, 0.05) is 19.0 Å². The van der Waals surface area contributed by atoms with Crippen LogP contribution in [0.4, 0.5) is 4.79 Å². The summed E-state index contributed by atoms with van der Waals surface area (Å²) in [7, 11) is 0. The van der Waals surface area contributed by atoms with Crippen molar-refractivity contribution in [3.05, 3.63) is 35.9 Å². The maximum Gasteiger partial charge on any atom is 0.410 e. The van der Waals surface area contributed by atoms with Gasteiger partial charge in [-0.05, 0) is 32.3 Å². The van der Waals surface area contributed by atoms with Crippen molar-refractivity contribution in [2.75, 3.05) is 13.1 Å². The number of ether oxygens (including phenoxy) is 1. The van der Waals surface area contributed by atoms with E-state index in [0.29, 0.717) is 11.8 Å². The van der Waals surface area contributed by atoms with Crippen LogP contribution in [-0.2, 0) is 4.74 Å². The maximum atomic E-state index is 12.1. The third-order valence-electron chi connectivity index (χ3n) is 3.49. The van der Waals surface area contributed by atoms with Gasteiger partial charge in [-0.1, -0.05) is 37.3 Å². The molecule has 2 rings (SSSR count). The molecule has 3 heteroatoms. The fourth-order valence-electron chi connectivity index (χ4n) is 2.58. The molecule has 104 valence electrons. The first-order valence-electron chi connectivity index (χ1n) is 6.89. The summed E-state index contributed by atoms with van der Waals surface area (Å²) in [4.78, 5) is 13.9. The van der Waals surface area contributed by atoms with Crippen LogP contribution < -0.4 is 0 Å². The summed E-state index contributed by atoms with van der Waals surface area (Å²) in [5.41, 5.74) is 0.881. The summed E-state index contributed by atoms with van der Waals surface area (Å²) in [5.74, 6) is 0.878. The van der Waals surface area contributed by atoms with Crippen molar-refractivity contribution in [2.24, 2.45) is 5.92 Å². The van der Waals surface area contributed by atoms with Crippen molar-refractivity contribution in [1.82, 2.24) is 4.90 Å². The first-order valence-corrected chi connectivity index (χ1v) is 6.89. The molecule has 19 heavy (non-hydrogen) atoms. The van der Waals surface area contributed by atoms with Gasteiger partial charge in [-0.15, -0.1) is 0 Å². The van der Waals surface area contributed by atoms with Crippen LogP contribution in [0.25, 0.3) is 0 Å². The second kappa shape index (κ2) is 5.24. The second-order valence-corrected chi connectivity index (χ2v) is 6.38. The van der Waals surface area contributed by atoms with E-state index >= 15 is 0 Å². The minimum atomic E-state index is -0.425. The van der Waals surface area contributed by atoms with E-state index in [9.17, 15) is 4.79 Å². The summed E-state index contributed by atoms with van der Waals surface area (Å²) in [5, 5.41) is 0. The summed E-state index contributed by atoms with van der Waals surface area (Å²) < 4.78 is 5.44. The van der Waals surface area contributed by atoms with Crippen molar-refractivity contribution < 1.29 is 9.53 Å². The summed E-state index contributed by atoms with van der Waals surface area (Å²) in [6, 6.07) is 10.4. The maximum absolute atomic E-state index is 12.1. The van der Waals surface area contributed by atoms with Crippen LogP contribution >= 0.6 is 0 Å². The van der Waals surface area contributed by atoms with Crippen LogP contribution in [-0.4, -0.2) is 29.7 Å². The second-order valence-electron chi connectivity index (χ2n) is 6.38. The molecule has 0 spiro atoms. The molecule has 3 nitrogen and oxygen atoms in total. The van der Waals surface area contributed by atoms with Crippen molar-refractivity contribution in [1.29, 1.82) is 0 Å². The number of hydrogen-bond donors (Lipinski definition) is 0. The predicted octanol–water partition coefficient (Wildman–Crippen LogP) is 3.66. The lowest BCUT2D eigenvalue weighted by atomic mass is 9.90. The predicted molar refractivity (Wildman–Crippen MR) is 76.2 cm³/mol.